The summed E-state index contributed by atoms with van der Waals surface area (Å²) in [6, 6.07) is 6.80. The summed E-state index contributed by atoms with van der Waals surface area (Å²) >= 11 is 4.82. The van der Waals surface area contributed by atoms with E-state index in [1.165, 1.54) is 4.90 Å². The summed E-state index contributed by atoms with van der Waals surface area (Å²) in [5.74, 6) is -1.82. The van der Waals surface area contributed by atoms with Gasteiger partial charge in [0.25, 0.3) is 22.7 Å². The molecule has 0 saturated carbocycles. The number of carbonyl (C=O) groups excluding carboxylic acids is 3. The molecule has 3 rings (SSSR count). The van der Waals surface area contributed by atoms with Gasteiger partial charge in [0, 0.05) is 6.08 Å². The van der Waals surface area contributed by atoms with Gasteiger partial charge < -0.3 is 24.1 Å². The summed E-state index contributed by atoms with van der Waals surface area (Å²) in [6.07, 6.45) is -0.255. The third kappa shape index (κ3) is 4.70. The fourth-order valence-electron chi connectivity index (χ4n) is 2.47. The van der Waals surface area contributed by atoms with E-state index in [0.29, 0.717) is 11.4 Å². The second-order valence-electron chi connectivity index (χ2n) is 5.80. The van der Waals surface area contributed by atoms with Gasteiger partial charge in [0.2, 0.25) is 0 Å². The highest BCUT2D eigenvalue weighted by Gasteiger charge is 2.38. The lowest BCUT2D eigenvalue weighted by Gasteiger charge is -2.18. The number of esters is 2. The molecule has 1 fully saturated rings. The SMILES string of the molecule is C=CC(=O)OCC(O)COC(=O)CN1/C(=C2\OC(=S)NC2=O)Oc2ccccc21. The van der Waals surface area contributed by atoms with Gasteiger partial charge in [-0.25, -0.2) is 4.79 Å². The lowest BCUT2D eigenvalue weighted by Crippen LogP contribution is -2.33. The number of para-hydroxylation sites is 2. The fourth-order valence-corrected chi connectivity index (χ4v) is 2.64. The lowest BCUT2D eigenvalue weighted by atomic mass is 10.3. The monoisotopic (exact) mass is 420 g/mol. The number of fused-ring (bicyclic) bond motifs is 1. The number of amides is 1. The van der Waals surface area contributed by atoms with Crippen LogP contribution in [0.25, 0.3) is 0 Å². The first-order valence-corrected chi connectivity index (χ1v) is 8.74. The summed E-state index contributed by atoms with van der Waals surface area (Å²) in [5.41, 5.74) is 0.515. The molecule has 1 aromatic carbocycles. The number of ether oxygens (including phenoxy) is 4. The van der Waals surface area contributed by atoms with Crippen molar-refractivity contribution in [2.75, 3.05) is 24.7 Å². The van der Waals surface area contributed by atoms with Crippen molar-refractivity contribution in [3.05, 3.63) is 48.6 Å². The molecule has 0 radical (unpaired) electrons. The number of nitrogens with one attached hydrogen (secondary N) is 1. The second kappa shape index (κ2) is 8.71. The van der Waals surface area contributed by atoms with Crippen molar-refractivity contribution >= 4 is 40.9 Å². The molecule has 0 aromatic heterocycles. The highest BCUT2D eigenvalue weighted by Crippen LogP contribution is 2.40. The third-order valence-electron chi connectivity index (χ3n) is 3.73. The molecular formula is C18H16N2O8S. The Kier molecular flexibility index (Phi) is 6.10. The minimum atomic E-state index is -1.20. The molecule has 1 aromatic rings. The van der Waals surface area contributed by atoms with E-state index >= 15 is 0 Å². The minimum Gasteiger partial charge on any atom is -0.461 e. The predicted octanol–water partition coefficient (Wildman–Crippen LogP) is 0.119. The van der Waals surface area contributed by atoms with Crippen LogP contribution in [-0.4, -0.2) is 54.0 Å². The number of anilines is 1. The van der Waals surface area contributed by atoms with Crippen LogP contribution < -0.4 is 15.0 Å². The quantitative estimate of drug-likeness (QED) is 0.357. The first-order valence-electron chi connectivity index (χ1n) is 8.33. The third-order valence-corrected chi connectivity index (χ3v) is 3.91. The molecule has 1 saturated heterocycles. The fraction of sp³-hybridized carbons (Fsp3) is 0.222. The molecule has 152 valence electrons. The molecule has 1 amide bonds. The van der Waals surface area contributed by atoms with E-state index in [0.717, 1.165) is 6.08 Å². The van der Waals surface area contributed by atoms with Crippen molar-refractivity contribution in [1.82, 2.24) is 5.32 Å². The number of benzene rings is 1. The van der Waals surface area contributed by atoms with Gasteiger partial charge in [-0.15, -0.1) is 0 Å². The van der Waals surface area contributed by atoms with Gasteiger partial charge in [-0.05, 0) is 24.4 Å². The van der Waals surface area contributed by atoms with Crippen LogP contribution in [0.2, 0.25) is 0 Å². The number of thiocarbonyl (C=S) groups is 1. The Bertz CT molecular complexity index is 913. The summed E-state index contributed by atoms with van der Waals surface area (Å²) in [7, 11) is 0. The van der Waals surface area contributed by atoms with E-state index in [1.807, 2.05) is 0 Å². The van der Waals surface area contributed by atoms with E-state index in [-0.39, 0.29) is 30.0 Å². The van der Waals surface area contributed by atoms with Gasteiger partial charge in [-0.3, -0.25) is 19.8 Å². The molecule has 0 bridgehead atoms. The van der Waals surface area contributed by atoms with E-state index in [1.54, 1.807) is 24.3 Å². The molecule has 2 heterocycles. The molecule has 0 spiro atoms. The van der Waals surface area contributed by atoms with E-state index in [2.05, 4.69) is 16.6 Å². The van der Waals surface area contributed by atoms with Gasteiger partial charge in [0.05, 0.1) is 5.69 Å². The molecule has 29 heavy (non-hydrogen) atoms. The minimum absolute atomic E-state index is 0.0130. The maximum atomic E-state index is 12.3. The van der Waals surface area contributed by atoms with E-state index in [9.17, 15) is 19.5 Å². The van der Waals surface area contributed by atoms with Crippen LogP contribution in [0, 0.1) is 0 Å². The number of hydrogen-bond acceptors (Lipinski definition) is 10. The van der Waals surface area contributed by atoms with Crippen LogP contribution in [0.5, 0.6) is 5.75 Å². The molecule has 1 unspecified atom stereocenters. The van der Waals surface area contributed by atoms with Crippen LogP contribution in [0.1, 0.15) is 0 Å². The van der Waals surface area contributed by atoms with Gasteiger partial charge in [0.1, 0.15) is 25.9 Å². The molecule has 2 N–H and O–H groups in total. The van der Waals surface area contributed by atoms with Crippen LogP contribution in [0.15, 0.2) is 48.6 Å². The number of rotatable bonds is 7. The lowest BCUT2D eigenvalue weighted by molar-refractivity contribution is -0.148. The van der Waals surface area contributed by atoms with E-state index < -0.39 is 30.6 Å². The predicted molar refractivity (Wildman–Crippen MR) is 101 cm³/mol. The van der Waals surface area contributed by atoms with Crippen LogP contribution in [0.3, 0.4) is 0 Å². The Morgan fingerprint density at radius 1 is 1.28 bits per heavy atom. The maximum absolute atomic E-state index is 12.3. The Morgan fingerprint density at radius 3 is 2.69 bits per heavy atom. The number of aliphatic hydroxyl groups excluding tert-OH is 1. The summed E-state index contributed by atoms with van der Waals surface area (Å²) in [4.78, 5) is 36.7. The second-order valence-corrected chi connectivity index (χ2v) is 6.18. The molecule has 10 nitrogen and oxygen atoms in total. The molecule has 0 aliphatic carbocycles. The van der Waals surface area contributed by atoms with Crippen molar-refractivity contribution < 1.29 is 38.4 Å². The number of hydrogen-bond donors (Lipinski definition) is 2. The topological polar surface area (TPSA) is 124 Å². The maximum Gasteiger partial charge on any atom is 0.330 e. The summed E-state index contributed by atoms with van der Waals surface area (Å²) in [5, 5.41) is 11.9. The molecule has 1 atom stereocenters. The highest BCUT2D eigenvalue weighted by atomic mass is 32.1. The zero-order chi connectivity index (χ0) is 21.0. The van der Waals surface area contributed by atoms with Crippen molar-refractivity contribution in [2.45, 2.75) is 6.10 Å². The molecular weight excluding hydrogens is 404 g/mol. The van der Waals surface area contributed by atoms with Crippen LogP contribution in [-0.2, 0) is 28.6 Å². The average molecular weight is 420 g/mol. The normalized spacial score (nSPS) is 18.3. The van der Waals surface area contributed by atoms with Crippen molar-refractivity contribution in [3.8, 4) is 5.75 Å². The average Bonchev–Trinajstić information content (AvgIpc) is 3.23. The standard InChI is InChI=1S/C18H16N2O8S/c1-2-13(22)25-8-10(21)9-26-14(23)7-20-11-5-3-4-6-12(11)27-17(20)15-16(24)19-18(29)28-15/h2-6,10,21H,1,7-9H2,(H,19,24,29)/b17-15+. The largest absolute Gasteiger partial charge is 0.461 e. The zero-order valence-electron chi connectivity index (χ0n) is 15.0. The van der Waals surface area contributed by atoms with Gasteiger partial charge in [-0.1, -0.05) is 18.7 Å². The number of aliphatic hydroxyl groups is 1. The Morgan fingerprint density at radius 2 is 2.00 bits per heavy atom. The summed E-state index contributed by atoms with van der Waals surface area (Å²) < 4.78 is 20.5. The number of carbonyl (C=O) groups is 3. The van der Waals surface area contributed by atoms with Crippen molar-refractivity contribution in [1.29, 1.82) is 0 Å². The Labute approximate surface area is 170 Å². The first-order chi connectivity index (χ1) is 13.9. The van der Waals surface area contributed by atoms with Crippen molar-refractivity contribution in [2.24, 2.45) is 0 Å². The number of nitrogens with zero attached hydrogens (tertiary/aromatic N) is 1. The summed E-state index contributed by atoms with van der Waals surface area (Å²) in [6.45, 7) is 2.14. The Hall–Kier alpha value is -3.44. The van der Waals surface area contributed by atoms with Crippen LogP contribution >= 0.6 is 12.2 Å². The molecule has 11 heteroatoms. The Balaban J connectivity index is 1.68. The van der Waals surface area contributed by atoms with Gasteiger partial charge in [-0.2, -0.15) is 0 Å². The highest BCUT2D eigenvalue weighted by molar-refractivity contribution is 7.80. The first kappa shape index (κ1) is 20.3. The van der Waals surface area contributed by atoms with Crippen molar-refractivity contribution in [3.63, 3.8) is 0 Å². The van der Waals surface area contributed by atoms with Crippen LogP contribution in [0.4, 0.5) is 5.69 Å². The molecule has 2 aliphatic rings. The van der Waals surface area contributed by atoms with E-state index in [4.69, 9.17) is 26.4 Å². The zero-order valence-corrected chi connectivity index (χ0v) is 15.8. The van der Waals surface area contributed by atoms with Gasteiger partial charge in [0.15, 0.2) is 5.75 Å². The smallest absolute Gasteiger partial charge is 0.330 e. The molecule has 2 aliphatic heterocycles. The van der Waals surface area contributed by atoms with Gasteiger partial charge >= 0.3 is 11.9 Å².